The number of carbonyl (C=O) groups is 2. The Morgan fingerprint density at radius 2 is 2.14 bits per heavy atom. The highest BCUT2D eigenvalue weighted by Crippen LogP contribution is 2.23. The normalized spacial score (nSPS) is 10.1. The molecule has 2 rings (SSSR count). The molecule has 0 saturated carbocycles. The Bertz CT molecular complexity index is 651. The Balaban J connectivity index is 1.82. The molecule has 1 aromatic carbocycles. The average molecular weight is 305 g/mol. The third-order valence-electron chi connectivity index (χ3n) is 2.74. The third kappa shape index (κ3) is 4.32. The highest BCUT2D eigenvalue weighted by molar-refractivity contribution is 7.14. The lowest BCUT2D eigenvalue weighted by molar-refractivity contribution is -0.116. The van der Waals surface area contributed by atoms with Crippen molar-refractivity contribution in [3.8, 4) is 5.75 Å². The standard InChI is InChI=1S/C15H15NO4S/c1-10-3-2-4-11(9-10)20-7-5-13(17)16-14-12(15(18)19)6-8-21-14/h2-4,6,8-9H,5,7H2,1H3,(H,16,17)(H,18,19). The van der Waals surface area contributed by atoms with Crippen molar-refractivity contribution in [3.63, 3.8) is 0 Å². The molecule has 0 spiro atoms. The summed E-state index contributed by atoms with van der Waals surface area (Å²) in [6.07, 6.45) is 0.158. The Hall–Kier alpha value is -2.34. The predicted octanol–water partition coefficient (Wildman–Crippen LogP) is 3.16. The highest BCUT2D eigenvalue weighted by Gasteiger charge is 2.13. The van der Waals surface area contributed by atoms with E-state index in [1.54, 1.807) is 5.38 Å². The number of carboxylic acid groups (broad SMARTS) is 1. The van der Waals surface area contributed by atoms with Crippen LogP contribution >= 0.6 is 11.3 Å². The van der Waals surface area contributed by atoms with Crippen LogP contribution in [-0.2, 0) is 4.79 Å². The van der Waals surface area contributed by atoms with Crippen LogP contribution in [0.25, 0.3) is 0 Å². The van der Waals surface area contributed by atoms with E-state index in [-0.39, 0.29) is 24.5 Å². The van der Waals surface area contributed by atoms with Gasteiger partial charge in [0.15, 0.2) is 0 Å². The van der Waals surface area contributed by atoms with E-state index in [4.69, 9.17) is 9.84 Å². The molecular weight excluding hydrogens is 290 g/mol. The molecule has 0 aliphatic rings. The first-order chi connectivity index (χ1) is 10.1. The summed E-state index contributed by atoms with van der Waals surface area (Å²) in [5.74, 6) is -0.611. The minimum Gasteiger partial charge on any atom is -0.493 e. The Morgan fingerprint density at radius 1 is 1.33 bits per heavy atom. The van der Waals surface area contributed by atoms with Gasteiger partial charge in [-0.1, -0.05) is 12.1 Å². The maximum absolute atomic E-state index is 11.8. The van der Waals surface area contributed by atoms with Crippen LogP contribution in [-0.4, -0.2) is 23.6 Å². The fourth-order valence-electron chi connectivity index (χ4n) is 1.73. The van der Waals surface area contributed by atoms with Gasteiger partial charge in [-0.15, -0.1) is 11.3 Å². The molecule has 110 valence electrons. The summed E-state index contributed by atoms with van der Waals surface area (Å²) in [6.45, 7) is 2.20. The van der Waals surface area contributed by atoms with Crippen LogP contribution in [0.3, 0.4) is 0 Å². The summed E-state index contributed by atoms with van der Waals surface area (Å²) in [5.41, 5.74) is 1.19. The van der Waals surface area contributed by atoms with Gasteiger partial charge in [0.05, 0.1) is 18.6 Å². The summed E-state index contributed by atoms with van der Waals surface area (Å²) in [4.78, 5) is 22.7. The topological polar surface area (TPSA) is 75.6 Å². The van der Waals surface area contributed by atoms with Crippen LogP contribution in [0.4, 0.5) is 5.00 Å². The number of rotatable bonds is 6. The largest absolute Gasteiger partial charge is 0.493 e. The summed E-state index contributed by atoms with van der Waals surface area (Å²) in [6, 6.07) is 9.03. The fraction of sp³-hybridized carbons (Fsp3) is 0.200. The van der Waals surface area contributed by atoms with E-state index < -0.39 is 5.97 Å². The molecule has 0 radical (unpaired) electrons. The molecule has 0 saturated heterocycles. The summed E-state index contributed by atoms with van der Waals surface area (Å²) in [5, 5.41) is 13.5. The second-order valence-corrected chi connectivity index (χ2v) is 5.35. The number of aromatic carboxylic acids is 1. The predicted molar refractivity (Wildman–Crippen MR) is 81.2 cm³/mol. The van der Waals surface area contributed by atoms with Crippen molar-refractivity contribution in [1.29, 1.82) is 0 Å². The van der Waals surface area contributed by atoms with E-state index >= 15 is 0 Å². The number of ether oxygens (including phenoxy) is 1. The molecule has 0 unspecified atom stereocenters. The number of carbonyl (C=O) groups excluding carboxylic acids is 1. The molecule has 0 atom stereocenters. The van der Waals surface area contributed by atoms with Crippen molar-refractivity contribution < 1.29 is 19.4 Å². The quantitative estimate of drug-likeness (QED) is 0.859. The number of hydrogen-bond acceptors (Lipinski definition) is 4. The maximum Gasteiger partial charge on any atom is 0.338 e. The smallest absolute Gasteiger partial charge is 0.338 e. The van der Waals surface area contributed by atoms with Gasteiger partial charge in [0.1, 0.15) is 10.8 Å². The van der Waals surface area contributed by atoms with Gasteiger partial charge in [-0.25, -0.2) is 4.79 Å². The number of benzene rings is 1. The van der Waals surface area contributed by atoms with Crippen LogP contribution in [0.2, 0.25) is 0 Å². The lowest BCUT2D eigenvalue weighted by Crippen LogP contribution is -2.16. The number of nitrogens with one attached hydrogen (secondary N) is 1. The minimum absolute atomic E-state index is 0.105. The first-order valence-electron chi connectivity index (χ1n) is 6.36. The van der Waals surface area contributed by atoms with E-state index in [1.165, 1.54) is 17.4 Å². The highest BCUT2D eigenvalue weighted by atomic mass is 32.1. The van der Waals surface area contributed by atoms with Gasteiger partial charge in [-0.05, 0) is 36.1 Å². The van der Waals surface area contributed by atoms with E-state index in [9.17, 15) is 9.59 Å². The first kappa shape index (κ1) is 15.1. The molecule has 2 N–H and O–H groups in total. The van der Waals surface area contributed by atoms with Crippen LogP contribution in [0.5, 0.6) is 5.75 Å². The number of carboxylic acids is 1. The zero-order valence-electron chi connectivity index (χ0n) is 11.5. The molecule has 1 aromatic heterocycles. The lowest BCUT2D eigenvalue weighted by atomic mass is 10.2. The molecule has 0 fully saturated rings. The summed E-state index contributed by atoms with van der Waals surface area (Å²) < 4.78 is 5.48. The Morgan fingerprint density at radius 3 is 2.86 bits per heavy atom. The Kier molecular flexibility index (Phi) is 4.94. The van der Waals surface area contributed by atoms with Crippen molar-refractivity contribution in [2.45, 2.75) is 13.3 Å². The van der Waals surface area contributed by atoms with Crippen LogP contribution < -0.4 is 10.1 Å². The van der Waals surface area contributed by atoms with Gasteiger partial charge >= 0.3 is 5.97 Å². The fourth-order valence-corrected chi connectivity index (χ4v) is 2.53. The van der Waals surface area contributed by atoms with Gasteiger partial charge < -0.3 is 15.2 Å². The summed E-state index contributed by atoms with van der Waals surface area (Å²) >= 11 is 1.18. The molecule has 1 heterocycles. The average Bonchev–Trinajstić information content (AvgIpc) is 2.87. The number of thiophene rings is 1. The van der Waals surface area contributed by atoms with E-state index in [1.807, 2.05) is 31.2 Å². The van der Waals surface area contributed by atoms with Crippen molar-refractivity contribution in [2.24, 2.45) is 0 Å². The van der Waals surface area contributed by atoms with Crippen molar-refractivity contribution in [2.75, 3.05) is 11.9 Å². The molecular formula is C15H15NO4S. The van der Waals surface area contributed by atoms with Crippen molar-refractivity contribution >= 4 is 28.2 Å². The second-order valence-electron chi connectivity index (χ2n) is 4.43. The van der Waals surface area contributed by atoms with Gasteiger partial charge in [-0.3, -0.25) is 4.79 Å². The van der Waals surface area contributed by atoms with Crippen molar-refractivity contribution in [1.82, 2.24) is 0 Å². The molecule has 0 bridgehead atoms. The van der Waals surface area contributed by atoms with Crippen molar-refractivity contribution in [3.05, 3.63) is 46.8 Å². The zero-order chi connectivity index (χ0) is 15.2. The zero-order valence-corrected chi connectivity index (χ0v) is 12.3. The van der Waals surface area contributed by atoms with E-state index in [0.717, 1.165) is 5.56 Å². The molecule has 2 aromatic rings. The molecule has 21 heavy (non-hydrogen) atoms. The maximum atomic E-state index is 11.8. The van der Waals surface area contributed by atoms with E-state index in [2.05, 4.69) is 5.32 Å². The number of hydrogen-bond donors (Lipinski definition) is 2. The van der Waals surface area contributed by atoms with Gasteiger partial charge in [0.2, 0.25) is 5.91 Å². The lowest BCUT2D eigenvalue weighted by Gasteiger charge is -2.07. The number of amides is 1. The summed E-state index contributed by atoms with van der Waals surface area (Å²) in [7, 11) is 0. The Labute approximate surface area is 126 Å². The molecule has 1 amide bonds. The second kappa shape index (κ2) is 6.90. The molecule has 0 aliphatic heterocycles. The third-order valence-corrected chi connectivity index (χ3v) is 3.57. The molecule has 0 aliphatic carbocycles. The minimum atomic E-state index is -1.05. The van der Waals surface area contributed by atoms with E-state index in [0.29, 0.717) is 10.8 Å². The molecule has 6 heteroatoms. The number of aryl methyl sites for hydroxylation is 1. The monoisotopic (exact) mass is 305 g/mol. The molecule has 5 nitrogen and oxygen atoms in total. The van der Waals surface area contributed by atoms with Gasteiger partial charge in [0, 0.05) is 0 Å². The number of anilines is 1. The van der Waals surface area contributed by atoms with Crippen LogP contribution in [0, 0.1) is 6.92 Å². The van der Waals surface area contributed by atoms with Crippen LogP contribution in [0.15, 0.2) is 35.7 Å². The van der Waals surface area contributed by atoms with Gasteiger partial charge in [-0.2, -0.15) is 0 Å². The SMILES string of the molecule is Cc1cccc(OCCC(=O)Nc2sccc2C(=O)O)c1. The van der Waals surface area contributed by atoms with Gasteiger partial charge in [0.25, 0.3) is 0 Å². The first-order valence-corrected chi connectivity index (χ1v) is 7.24. The van der Waals surface area contributed by atoms with Crippen LogP contribution in [0.1, 0.15) is 22.3 Å².